The third kappa shape index (κ3) is 3.21. The predicted molar refractivity (Wildman–Crippen MR) is 72.3 cm³/mol. The van der Waals surface area contributed by atoms with E-state index in [0.717, 1.165) is 24.3 Å². The van der Waals surface area contributed by atoms with Crippen molar-refractivity contribution in [2.75, 3.05) is 18.6 Å². The molecule has 0 aromatic carbocycles. The molecule has 1 aliphatic rings. The Morgan fingerprint density at radius 2 is 2.47 bits per heavy atom. The topological polar surface area (TPSA) is 45.1 Å². The molecule has 1 aliphatic carbocycles. The standard InChI is InChI=1S/C13H20N2OS/c1-13(16,9-17-2)8-15-11-6-5-10-4-3-7-14-12(10)11/h3-4,7,11,15-16H,5-6,8-9H2,1-2H3. The van der Waals surface area contributed by atoms with E-state index in [2.05, 4.69) is 16.4 Å². The molecule has 2 unspecified atom stereocenters. The Kier molecular flexibility index (Phi) is 4.07. The molecule has 1 aromatic heterocycles. The van der Waals surface area contributed by atoms with Crippen LogP contribution in [0.25, 0.3) is 0 Å². The van der Waals surface area contributed by atoms with Crippen molar-refractivity contribution in [3.05, 3.63) is 29.6 Å². The first-order valence-electron chi connectivity index (χ1n) is 6.01. The molecule has 2 atom stereocenters. The number of aliphatic hydroxyl groups is 1. The molecule has 1 aromatic rings. The average molecular weight is 252 g/mol. The summed E-state index contributed by atoms with van der Waals surface area (Å²) in [4.78, 5) is 4.44. The van der Waals surface area contributed by atoms with Gasteiger partial charge in [-0.2, -0.15) is 11.8 Å². The van der Waals surface area contributed by atoms with Gasteiger partial charge in [-0.15, -0.1) is 0 Å². The second-order valence-corrected chi connectivity index (χ2v) is 5.82. The van der Waals surface area contributed by atoms with Gasteiger partial charge < -0.3 is 10.4 Å². The smallest absolute Gasteiger partial charge is 0.0833 e. The Hall–Kier alpha value is -0.580. The molecule has 0 saturated heterocycles. The van der Waals surface area contributed by atoms with Crippen LogP contribution in [0, 0.1) is 0 Å². The van der Waals surface area contributed by atoms with Crippen molar-refractivity contribution in [2.45, 2.75) is 31.4 Å². The fourth-order valence-corrected chi connectivity index (χ4v) is 3.04. The molecule has 0 bridgehead atoms. The highest BCUT2D eigenvalue weighted by molar-refractivity contribution is 7.98. The van der Waals surface area contributed by atoms with Crippen molar-refractivity contribution < 1.29 is 5.11 Å². The van der Waals surface area contributed by atoms with Crippen molar-refractivity contribution in [1.82, 2.24) is 10.3 Å². The van der Waals surface area contributed by atoms with Crippen molar-refractivity contribution >= 4 is 11.8 Å². The van der Waals surface area contributed by atoms with E-state index in [1.807, 2.05) is 25.4 Å². The number of nitrogens with one attached hydrogen (secondary N) is 1. The first-order chi connectivity index (χ1) is 8.12. The molecule has 0 radical (unpaired) electrons. The maximum atomic E-state index is 10.1. The molecule has 0 amide bonds. The molecule has 0 aliphatic heterocycles. The van der Waals surface area contributed by atoms with Gasteiger partial charge in [0, 0.05) is 18.5 Å². The van der Waals surface area contributed by atoms with Crippen LogP contribution in [-0.2, 0) is 6.42 Å². The van der Waals surface area contributed by atoms with Crippen molar-refractivity contribution in [2.24, 2.45) is 0 Å². The molecule has 0 saturated carbocycles. The lowest BCUT2D eigenvalue weighted by molar-refractivity contribution is 0.0813. The van der Waals surface area contributed by atoms with Gasteiger partial charge in [-0.05, 0) is 37.7 Å². The quantitative estimate of drug-likeness (QED) is 0.838. The van der Waals surface area contributed by atoms with Gasteiger partial charge in [0.25, 0.3) is 0 Å². The van der Waals surface area contributed by atoms with Gasteiger partial charge in [-0.3, -0.25) is 4.98 Å². The minimum Gasteiger partial charge on any atom is -0.388 e. The number of pyridine rings is 1. The summed E-state index contributed by atoms with van der Waals surface area (Å²) in [5.41, 5.74) is 1.86. The summed E-state index contributed by atoms with van der Waals surface area (Å²) in [5, 5.41) is 13.6. The monoisotopic (exact) mass is 252 g/mol. The Labute approximate surface area is 107 Å². The highest BCUT2D eigenvalue weighted by Gasteiger charge is 2.26. The summed E-state index contributed by atoms with van der Waals surface area (Å²) in [6.45, 7) is 2.50. The van der Waals surface area contributed by atoms with E-state index in [4.69, 9.17) is 0 Å². The van der Waals surface area contributed by atoms with E-state index in [9.17, 15) is 5.11 Å². The van der Waals surface area contributed by atoms with Crippen LogP contribution in [0.4, 0.5) is 0 Å². The highest BCUT2D eigenvalue weighted by atomic mass is 32.2. The zero-order valence-electron chi connectivity index (χ0n) is 10.4. The SMILES string of the molecule is CSCC(C)(O)CNC1CCc2cccnc21. The lowest BCUT2D eigenvalue weighted by Gasteiger charge is -2.25. The molecule has 0 spiro atoms. The van der Waals surface area contributed by atoms with E-state index in [0.29, 0.717) is 12.6 Å². The zero-order chi connectivity index (χ0) is 12.3. The van der Waals surface area contributed by atoms with Gasteiger partial charge >= 0.3 is 0 Å². The van der Waals surface area contributed by atoms with Crippen LogP contribution in [0.2, 0.25) is 0 Å². The number of fused-ring (bicyclic) bond motifs is 1. The third-order valence-corrected chi connectivity index (χ3v) is 4.05. The Morgan fingerprint density at radius 1 is 1.65 bits per heavy atom. The molecule has 0 fully saturated rings. The molecular formula is C13H20N2OS. The average Bonchev–Trinajstić information content (AvgIpc) is 2.70. The Morgan fingerprint density at radius 3 is 3.24 bits per heavy atom. The number of thioether (sulfide) groups is 1. The van der Waals surface area contributed by atoms with E-state index in [1.54, 1.807) is 11.8 Å². The van der Waals surface area contributed by atoms with E-state index >= 15 is 0 Å². The minimum absolute atomic E-state index is 0.305. The van der Waals surface area contributed by atoms with Gasteiger partial charge in [0.1, 0.15) is 0 Å². The summed E-state index contributed by atoms with van der Waals surface area (Å²) in [5.74, 6) is 0.752. The first kappa shape index (κ1) is 12.9. The largest absolute Gasteiger partial charge is 0.388 e. The molecule has 17 heavy (non-hydrogen) atoms. The molecule has 4 heteroatoms. The summed E-state index contributed by atoms with van der Waals surface area (Å²) >= 11 is 1.67. The molecular weight excluding hydrogens is 232 g/mol. The van der Waals surface area contributed by atoms with Crippen molar-refractivity contribution in [3.8, 4) is 0 Å². The van der Waals surface area contributed by atoms with Crippen LogP contribution in [0.5, 0.6) is 0 Å². The minimum atomic E-state index is -0.642. The number of hydrogen-bond acceptors (Lipinski definition) is 4. The normalized spacial score (nSPS) is 22.2. The maximum Gasteiger partial charge on any atom is 0.0833 e. The number of rotatable bonds is 5. The van der Waals surface area contributed by atoms with Crippen LogP contribution >= 0.6 is 11.8 Å². The van der Waals surface area contributed by atoms with Crippen LogP contribution in [-0.4, -0.2) is 34.2 Å². The van der Waals surface area contributed by atoms with E-state index in [-0.39, 0.29) is 0 Å². The lowest BCUT2D eigenvalue weighted by atomic mass is 10.1. The number of aryl methyl sites for hydroxylation is 1. The van der Waals surface area contributed by atoms with E-state index < -0.39 is 5.60 Å². The van der Waals surface area contributed by atoms with Crippen LogP contribution < -0.4 is 5.32 Å². The molecule has 2 rings (SSSR count). The number of aromatic nitrogens is 1. The summed E-state index contributed by atoms with van der Waals surface area (Å²) in [6.07, 6.45) is 6.03. The fraction of sp³-hybridized carbons (Fsp3) is 0.615. The summed E-state index contributed by atoms with van der Waals surface area (Å²) in [6, 6.07) is 4.44. The van der Waals surface area contributed by atoms with Gasteiger partial charge in [0.15, 0.2) is 0 Å². The van der Waals surface area contributed by atoms with Gasteiger partial charge in [0.05, 0.1) is 17.3 Å². The lowest BCUT2D eigenvalue weighted by Crippen LogP contribution is -2.41. The van der Waals surface area contributed by atoms with Crippen molar-refractivity contribution in [1.29, 1.82) is 0 Å². The molecule has 3 nitrogen and oxygen atoms in total. The fourth-order valence-electron chi connectivity index (χ4n) is 2.32. The first-order valence-corrected chi connectivity index (χ1v) is 7.40. The van der Waals surface area contributed by atoms with Gasteiger partial charge in [-0.25, -0.2) is 0 Å². The second-order valence-electron chi connectivity index (χ2n) is 4.95. The Balaban J connectivity index is 1.94. The highest BCUT2D eigenvalue weighted by Crippen LogP contribution is 2.29. The van der Waals surface area contributed by atoms with Gasteiger partial charge in [0.2, 0.25) is 0 Å². The second kappa shape index (κ2) is 5.38. The number of nitrogens with zero attached hydrogens (tertiary/aromatic N) is 1. The molecule has 1 heterocycles. The van der Waals surface area contributed by atoms with Gasteiger partial charge in [-0.1, -0.05) is 6.07 Å². The van der Waals surface area contributed by atoms with Crippen LogP contribution in [0.1, 0.15) is 30.6 Å². The third-order valence-electron chi connectivity index (χ3n) is 3.14. The summed E-state index contributed by atoms with van der Waals surface area (Å²) in [7, 11) is 0. The maximum absolute atomic E-state index is 10.1. The zero-order valence-corrected chi connectivity index (χ0v) is 11.3. The van der Waals surface area contributed by atoms with E-state index in [1.165, 1.54) is 5.56 Å². The molecule has 94 valence electrons. The van der Waals surface area contributed by atoms with Crippen LogP contribution in [0.3, 0.4) is 0 Å². The Bertz CT molecular complexity index is 381. The van der Waals surface area contributed by atoms with Crippen molar-refractivity contribution in [3.63, 3.8) is 0 Å². The molecule has 2 N–H and O–H groups in total. The summed E-state index contributed by atoms with van der Waals surface area (Å²) < 4.78 is 0. The number of hydrogen-bond donors (Lipinski definition) is 2. The predicted octanol–water partition coefficient (Wildman–Crippen LogP) is 1.77. The van der Waals surface area contributed by atoms with Crippen LogP contribution in [0.15, 0.2) is 18.3 Å².